The molecule has 1 heterocycles. The molecule has 0 bridgehead atoms. The van der Waals surface area contributed by atoms with Crippen LogP contribution in [0.5, 0.6) is 0 Å². The number of piperazine rings is 1. The second-order valence-corrected chi connectivity index (χ2v) is 17.8. The summed E-state index contributed by atoms with van der Waals surface area (Å²) < 4.78 is 0. The second-order valence-electron chi connectivity index (χ2n) is 17.8. The highest BCUT2D eigenvalue weighted by molar-refractivity contribution is 5.95. The van der Waals surface area contributed by atoms with Crippen LogP contribution in [0.2, 0.25) is 0 Å². The molecule has 1 amide bonds. The predicted molar refractivity (Wildman–Crippen MR) is 173 cm³/mol. The first-order valence-electron chi connectivity index (χ1n) is 17.7. The summed E-state index contributed by atoms with van der Waals surface area (Å²) in [6, 6.07) is 0. The molecular formula is C38H60N2O3. The Morgan fingerprint density at radius 1 is 0.930 bits per heavy atom. The van der Waals surface area contributed by atoms with Crippen molar-refractivity contribution in [3.8, 4) is 0 Å². The SMILES string of the molecule is CCN1CCN(C(=O)/C=C/[C@@]2(C)CC[C@]3(C)CC[C@]4(C)C(=CC(=O)[C@@H]5[C@@]6(C)CC[C@H](O)C(C)(C)[C@@H]6CC[C@]54C)[C@@H]3C2)CC1. The smallest absolute Gasteiger partial charge is 0.246 e. The van der Waals surface area contributed by atoms with Gasteiger partial charge in [0, 0.05) is 32.1 Å². The summed E-state index contributed by atoms with van der Waals surface area (Å²) in [4.78, 5) is 32.2. The Bertz CT molecular complexity index is 1210. The fourth-order valence-corrected chi connectivity index (χ4v) is 12.0. The van der Waals surface area contributed by atoms with Gasteiger partial charge in [0.2, 0.25) is 5.91 Å². The van der Waals surface area contributed by atoms with E-state index in [9.17, 15) is 14.7 Å². The molecule has 0 unspecified atom stereocenters. The van der Waals surface area contributed by atoms with Crippen molar-refractivity contribution in [2.45, 2.75) is 119 Å². The molecule has 5 fully saturated rings. The van der Waals surface area contributed by atoms with Crippen LogP contribution in [0.25, 0.3) is 0 Å². The van der Waals surface area contributed by atoms with Crippen molar-refractivity contribution in [2.24, 2.45) is 50.2 Å². The molecule has 5 heteroatoms. The van der Waals surface area contributed by atoms with Crippen LogP contribution in [-0.2, 0) is 9.59 Å². The molecule has 0 aromatic rings. The van der Waals surface area contributed by atoms with Gasteiger partial charge in [-0.15, -0.1) is 0 Å². The summed E-state index contributed by atoms with van der Waals surface area (Å²) in [7, 11) is 0. The normalized spacial score (nSPS) is 48.2. The number of rotatable bonds is 3. The zero-order valence-corrected chi connectivity index (χ0v) is 28.6. The molecule has 6 rings (SSSR count). The number of nitrogens with zero attached hydrogens (tertiary/aromatic N) is 2. The van der Waals surface area contributed by atoms with E-state index >= 15 is 0 Å². The summed E-state index contributed by atoms with van der Waals surface area (Å²) in [6.07, 6.45) is 15.5. The van der Waals surface area contributed by atoms with E-state index < -0.39 is 0 Å². The number of aliphatic hydroxyl groups is 1. The fraction of sp³-hybridized carbons (Fsp3) is 0.842. The van der Waals surface area contributed by atoms with E-state index in [1.165, 1.54) is 12.0 Å². The number of hydrogen-bond donors (Lipinski definition) is 1. The van der Waals surface area contributed by atoms with E-state index in [4.69, 9.17) is 0 Å². The molecule has 0 spiro atoms. The van der Waals surface area contributed by atoms with E-state index in [1.54, 1.807) is 0 Å². The van der Waals surface area contributed by atoms with Gasteiger partial charge in [-0.25, -0.2) is 0 Å². The van der Waals surface area contributed by atoms with Gasteiger partial charge in [-0.2, -0.15) is 0 Å². The van der Waals surface area contributed by atoms with Crippen LogP contribution in [-0.4, -0.2) is 65.4 Å². The number of aliphatic hydroxyl groups excluding tert-OH is 1. The first-order valence-corrected chi connectivity index (χ1v) is 17.7. The molecule has 0 aromatic carbocycles. The Hall–Kier alpha value is -1.46. The lowest BCUT2D eigenvalue weighted by atomic mass is 9.33. The number of fused-ring (bicyclic) bond motifs is 7. The fourth-order valence-electron chi connectivity index (χ4n) is 12.0. The summed E-state index contributed by atoms with van der Waals surface area (Å²) in [5, 5.41) is 11.0. The van der Waals surface area contributed by atoms with Crippen LogP contribution in [0.15, 0.2) is 23.8 Å². The zero-order valence-electron chi connectivity index (χ0n) is 28.6. The van der Waals surface area contributed by atoms with Crippen molar-refractivity contribution >= 4 is 11.7 Å². The molecule has 0 radical (unpaired) electrons. The third-order valence-electron chi connectivity index (χ3n) is 15.3. The average molecular weight is 593 g/mol. The Kier molecular flexibility index (Phi) is 7.53. The van der Waals surface area contributed by atoms with E-state index in [0.717, 1.165) is 84.1 Å². The summed E-state index contributed by atoms with van der Waals surface area (Å²) in [5.41, 5.74) is 1.29. The zero-order chi connectivity index (χ0) is 31.2. The van der Waals surface area contributed by atoms with Gasteiger partial charge in [0.1, 0.15) is 0 Å². The van der Waals surface area contributed by atoms with Crippen molar-refractivity contribution in [3.05, 3.63) is 23.8 Å². The Morgan fingerprint density at radius 2 is 1.60 bits per heavy atom. The monoisotopic (exact) mass is 592 g/mol. The minimum Gasteiger partial charge on any atom is -0.393 e. The van der Waals surface area contributed by atoms with Crippen LogP contribution >= 0.6 is 0 Å². The highest BCUT2D eigenvalue weighted by atomic mass is 16.3. The van der Waals surface area contributed by atoms with E-state index in [0.29, 0.717) is 17.6 Å². The van der Waals surface area contributed by atoms with Crippen molar-refractivity contribution < 1.29 is 14.7 Å². The number of allylic oxidation sites excluding steroid dienone is 3. The van der Waals surface area contributed by atoms with Gasteiger partial charge in [-0.3, -0.25) is 9.59 Å². The van der Waals surface area contributed by atoms with Gasteiger partial charge in [-0.05, 0) is 121 Å². The maximum absolute atomic E-state index is 14.6. The maximum Gasteiger partial charge on any atom is 0.246 e. The predicted octanol–water partition coefficient (Wildman–Crippen LogP) is 7.05. The molecule has 6 aliphatic rings. The van der Waals surface area contributed by atoms with E-state index in [2.05, 4.69) is 72.4 Å². The molecule has 1 saturated heterocycles. The van der Waals surface area contributed by atoms with Crippen molar-refractivity contribution in [2.75, 3.05) is 32.7 Å². The molecule has 43 heavy (non-hydrogen) atoms. The lowest BCUT2D eigenvalue weighted by Crippen LogP contribution is -2.66. The lowest BCUT2D eigenvalue weighted by molar-refractivity contribution is -0.202. The van der Waals surface area contributed by atoms with Gasteiger partial charge in [0.15, 0.2) is 5.78 Å². The first kappa shape index (κ1) is 31.5. The minimum absolute atomic E-state index is 0.000671. The molecule has 5 nitrogen and oxygen atoms in total. The van der Waals surface area contributed by atoms with Crippen LogP contribution in [0.1, 0.15) is 113 Å². The van der Waals surface area contributed by atoms with Gasteiger partial charge < -0.3 is 14.9 Å². The molecule has 1 N–H and O–H groups in total. The standard InChI is InChI=1S/C38H60N2O3/c1-9-39-20-22-40(23-21-39)31(43)12-13-34(4)16-17-35(5)18-19-37(7)26(27(35)25-34)24-28(41)32-36(6)14-11-30(42)33(2,3)29(36)10-15-38(32,37)8/h12-13,24,27,29-30,32,42H,9-11,14-23,25H2,1-8H3/b13-12+/t27-,29-,30-,32+,34-,35+,36-,37+,38+/m0/s1. The van der Waals surface area contributed by atoms with Crippen LogP contribution in [0, 0.1) is 50.2 Å². The molecule has 0 aromatic heterocycles. The van der Waals surface area contributed by atoms with Crippen molar-refractivity contribution in [1.82, 2.24) is 9.80 Å². The number of hydrogen-bond acceptors (Lipinski definition) is 4. The van der Waals surface area contributed by atoms with Gasteiger partial charge in [0.05, 0.1) is 6.10 Å². The van der Waals surface area contributed by atoms with Crippen LogP contribution in [0.4, 0.5) is 0 Å². The lowest BCUT2D eigenvalue weighted by Gasteiger charge is -2.70. The van der Waals surface area contributed by atoms with Crippen molar-refractivity contribution in [3.63, 3.8) is 0 Å². The van der Waals surface area contributed by atoms with Crippen molar-refractivity contribution in [1.29, 1.82) is 0 Å². The van der Waals surface area contributed by atoms with Crippen LogP contribution < -0.4 is 0 Å². The first-order chi connectivity index (χ1) is 20.0. The second kappa shape index (κ2) is 10.3. The molecular weight excluding hydrogens is 532 g/mol. The largest absolute Gasteiger partial charge is 0.393 e. The third kappa shape index (κ3) is 4.59. The summed E-state index contributed by atoms with van der Waals surface area (Å²) in [5.74, 6) is 1.28. The highest BCUT2D eigenvalue weighted by Gasteiger charge is 2.70. The quantitative estimate of drug-likeness (QED) is 0.357. The Labute approximate surface area is 261 Å². The average Bonchev–Trinajstić information content (AvgIpc) is 2.96. The van der Waals surface area contributed by atoms with Gasteiger partial charge in [0.25, 0.3) is 0 Å². The number of ketones is 1. The number of carbonyl (C=O) groups is 2. The number of likely N-dealkylation sites (N-methyl/N-ethyl adjacent to an activating group) is 1. The molecule has 4 saturated carbocycles. The van der Waals surface area contributed by atoms with E-state index in [-0.39, 0.29) is 50.4 Å². The Morgan fingerprint density at radius 3 is 2.28 bits per heavy atom. The number of carbonyl (C=O) groups excluding carboxylic acids is 2. The number of amides is 1. The highest BCUT2D eigenvalue weighted by Crippen LogP contribution is 2.75. The van der Waals surface area contributed by atoms with E-state index in [1.807, 2.05) is 11.0 Å². The molecule has 1 aliphatic heterocycles. The Balaban J connectivity index is 1.29. The van der Waals surface area contributed by atoms with Gasteiger partial charge in [-0.1, -0.05) is 67.0 Å². The summed E-state index contributed by atoms with van der Waals surface area (Å²) in [6.45, 7) is 23.5. The van der Waals surface area contributed by atoms with Crippen LogP contribution in [0.3, 0.4) is 0 Å². The third-order valence-corrected chi connectivity index (χ3v) is 15.3. The molecule has 240 valence electrons. The minimum atomic E-state index is -0.286. The maximum atomic E-state index is 14.6. The topological polar surface area (TPSA) is 60.9 Å². The summed E-state index contributed by atoms with van der Waals surface area (Å²) >= 11 is 0. The molecule has 5 aliphatic carbocycles. The molecule has 9 atom stereocenters. The van der Waals surface area contributed by atoms with Gasteiger partial charge >= 0.3 is 0 Å².